The van der Waals surface area contributed by atoms with E-state index in [1.807, 2.05) is 18.2 Å². The topological polar surface area (TPSA) is 106 Å². The molecule has 5 rings (SSSR count). The fraction of sp³-hybridized carbons (Fsp3) is 0.238. The minimum absolute atomic E-state index is 0.0862. The first kappa shape index (κ1) is 17.4. The van der Waals surface area contributed by atoms with Crippen molar-refractivity contribution in [1.82, 2.24) is 20.1 Å². The zero-order valence-corrected chi connectivity index (χ0v) is 15.6. The summed E-state index contributed by atoms with van der Waals surface area (Å²) in [4.78, 5) is 23.9. The van der Waals surface area contributed by atoms with E-state index in [0.29, 0.717) is 29.1 Å². The number of H-pyrrole nitrogens is 1. The molecule has 1 amide bonds. The molecular formula is C21H19N5O3. The highest BCUT2D eigenvalue weighted by atomic mass is 16.5. The molecule has 29 heavy (non-hydrogen) atoms. The number of nitrogens with one attached hydrogen (secondary N) is 2. The second-order valence-corrected chi connectivity index (χ2v) is 7.12. The number of anilines is 1. The van der Waals surface area contributed by atoms with Gasteiger partial charge in [0.15, 0.2) is 6.61 Å². The van der Waals surface area contributed by atoms with Crippen LogP contribution in [0, 0.1) is 0 Å². The summed E-state index contributed by atoms with van der Waals surface area (Å²) >= 11 is 0. The van der Waals surface area contributed by atoms with Crippen LogP contribution in [-0.4, -0.2) is 26.0 Å². The number of imidazole rings is 1. The second kappa shape index (κ2) is 7.38. The summed E-state index contributed by atoms with van der Waals surface area (Å²) in [5, 5.41) is 6.83. The average molecular weight is 389 g/mol. The monoisotopic (exact) mass is 389 g/mol. The van der Waals surface area contributed by atoms with Crippen molar-refractivity contribution < 1.29 is 14.1 Å². The van der Waals surface area contributed by atoms with E-state index >= 15 is 0 Å². The average Bonchev–Trinajstić information content (AvgIpc) is 3.28. The molecule has 0 atom stereocenters. The van der Waals surface area contributed by atoms with Gasteiger partial charge in [-0.3, -0.25) is 4.79 Å². The van der Waals surface area contributed by atoms with E-state index < -0.39 is 0 Å². The van der Waals surface area contributed by atoms with Crippen molar-refractivity contribution in [2.24, 2.45) is 0 Å². The Balaban J connectivity index is 1.14. The van der Waals surface area contributed by atoms with Gasteiger partial charge in [0.25, 0.3) is 0 Å². The van der Waals surface area contributed by atoms with Gasteiger partial charge in [0.2, 0.25) is 17.6 Å². The fourth-order valence-corrected chi connectivity index (χ4v) is 3.09. The first-order valence-corrected chi connectivity index (χ1v) is 9.50. The normalized spacial score (nSPS) is 13.5. The zero-order valence-electron chi connectivity index (χ0n) is 15.6. The lowest BCUT2D eigenvalue weighted by molar-refractivity contribution is -0.115. The number of hydrogen-bond donors (Lipinski definition) is 2. The first-order valence-electron chi connectivity index (χ1n) is 9.50. The molecule has 8 heteroatoms. The molecule has 0 radical (unpaired) electrons. The highest BCUT2D eigenvalue weighted by molar-refractivity contribution is 5.92. The lowest BCUT2D eigenvalue weighted by Gasteiger charge is -2.07. The number of hydrogen-bond acceptors (Lipinski definition) is 6. The summed E-state index contributed by atoms with van der Waals surface area (Å²) in [6, 6.07) is 13.0. The van der Waals surface area contributed by atoms with Crippen molar-refractivity contribution in [2.75, 3.05) is 5.32 Å². The third-order valence-electron chi connectivity index (χ3n) is 4.77. The van der Waals surface area contributed by atoms with E-state index in [1.54, 1.807) is 30.6 Å². The second-order valence-electron chi connectivity index (χ2n) is 7.12. The molecule has 2 heterocycles. The van der Waals surface area contributed by atoms with Crippen molar-refractivity contribution in [3.8, 4) is 5.75 Å². The van der Waals surface area contributed by atoms with Crippen molar-refractivity contribution >= 4 is 22.6 Å². The molecule has 4 aromatic rings. The molecule has 2 aromatic carbocycles. The Morgan fingerprint density at radius 2 is 2.07 bits per heavy atom. The Labute approximate surface area is 166 Å². The van der Waals surface area contributed by atoms with Crippen LogP contribution in [0.5, 0.6) is 5.75 Å². The molecule has 1 saturated carbocycles. The van der Waals surface area contributed by atoms with Gasteiger partial charge >= 0.3 is 0 Å². The summed E-state index contributed by atoms with van der Waals surface area (Å²) in [5.41, 5.74) is 3.43. The van der Waals surface area contributed by atoms with Crippen LogP contribution in [0.15, 0.2) is 53.3 Å². The van der Waals surface area contributed by atoms with E-state index in [2.05, 4.69) is 25.4 Å². The van der Waals surface area contributed by atoms with Crippen molar-refractivity contribution in [1.29, 1.82) is 0 Å². The maximum atomic E-state index is 12.3. The Hall–Kier alpha value is -3.68. The lowest BCUT2D eigenvalue weighted by Crippen LogP contribution is -2.14. The van der Waals surface area contributed by atoms with E-state index in [4.69, 9.17) is 9.26 Å². The number of aromatic amines is 1. The van der Waals surface area contributed by atoms with Crippen LogP contribution in [0.1, 0.15) is 36.0 Å². The molecule has 0 bridgehead atoms. The number of fused-ring (bicyclic) bond motifs is 1. The van der Waals surface area contributed by atoms with Crippen molar-refractivity contribution in [2.45, 2.75) is 31.8 Å². The molecule has 1 aliphatic carbocycles. The highest BCUT2D eigenvalue weighted by Gasteiger charge is 2.29. The minimum atomic E-state index is -0.0862. The van der Waals surface area contributed by atoms with Crippen LogP contribution >= 0.6 is 0 Å². The lowest BCUT2D eigenvalue weighted by atomic mass is 10.1. The molecule has 0 unspecified atom stereocenters. The van der Waals surface area contributed by atoms with E-state index in [1.165, 1.54) is 0 Å². The minimum Gasteiger partial charge on any atom is -0.485 e. The van der Waals surface area contributed by atoms with Gasteiger partial charge in [-0.05, 0) is 54.8 Å². The van der Waals surface area contributed by atoms with Crippen LogP contribution in [0.25, 0.3) is 11.0 Å². The van der Waals surface area contributed by atoms with Crippen LogP contribution in [0.2, 0.25) is 0 Å². The van der Waals surface area contributed by atoms with Crippen LogP contribution in [-0.2, 0) is 17.8 Å². The van der Waals surface area contributed by atoms with E-state index in [9.17, 15) is 4.79 Å². The van der Waals surface area contributed by atoms with Gasteiger partial charge in [0, 0.05) is 11.6 Å². The largest absolute Gasteiger partial charge is 0.485 e. The summed E-state index contributed by atoms with van der Waals surface area (Å²) in [7, 11) is 0. The molecule has 0 saturated heterocycles. The Kier molecular flexibility index (Phi) is 4.44. The van der Waals surface area contributed by atoms with Crippen LogP contribution in [0.3, 0.4) is 0 Å². The highest BCUT2D eigenvalue weighted by Crippen LogP contribution is 2.38. The molecule has 1 fully saturated rings. The van der Waals surface area contributed by atoms with Gasteiger partial charge in [0.05, 0.1) is 23.8 Å². The molecule has 1 aliphatic rings. The summed E-state index contributed by atoms with van der Waals surface area (Å²) in [6.07, 6.45) is 4.16. The fourth-order valence-electron chi connectivity index (χ4n) is 3.09. The van der Waals surface area contributed by atoms with E-state index in [0.717, 1.165) is 29.4 Å². The third-order valence-corrected chi connectivity index (χ3v) is 4.77. The molecule has 2 N–H and O–H groups in total. The predicted octanol–water partition coefficient (Wildman–Crippen LogP) is 3.58. The maximum Gasteiger partial charge on any atom is 0.229 e. The number of carbonyl (C=O) groups is 1. The van der Waals surface area contributed by atoms with Gasteiger partial charge in [-0.15, -0.1) is 0 Å². The maximum absolute atomic E-state index is 12.3. The van der Waals surface area contributed by atoms with Crippen molar-refractivity contribution in [3.05, 3.63) is 66.1 Å². The number of nitrogens with zero attached hydrogens (tertiary/aromatic N) is 3. The number of rotatable bonds is 7. The summed E-state index contributed by atoms with van der Waals surface area (Å²) in [6.45, 7) is 0.248. The molecule has 146 valence electrons. The van der Waals surface area contributed by atoms with Gasteiger partial charge in [-0.2, -0.15) is 4.98 Å². The number of benzene rings is 2. The smallest absolute Gasteiger partial charge is 0.229 e. The van der Waals surface area contributed by atoms with Gasteiger partial charge < -0.3 is 19.6 Å². The van der Waals surface area contributed by atoms with Gasteiger partial charge in [-0.25, -0.2) is 4.98 Å². The summed E-state index contributed by atoms with van der Waals surface area (Å²) in [5.74, 6) is 2.26. The van der Waals surface area contributed by atoms with Crippen molar-refractivity contribution in [3.63, 3.8) is 0 Å². The Bertz CT molecular complexity index is 1140. The number of aromatic nitrogens is 4. The number of amides is 1. The quantitative estimate of drug-likeness (QED) is 0.500. The molecule has 8 nitrogen and oxygen atoms in total. The van der Waals surface area contributed by atoms with Gasteiger partial charge in [-0.1, -0.05) is 11.2 Å². The first-order chi connectivity index (χ1) is 14.2. The van der Waals surface area contributed by atoms with E-state index in [-0.39, 0.29) is 18.9 Å². The Morgan fingerprint density at radius 1 is 1.21 bits per heavy atom. The standard InChI is InChI=1S/C21H19N5O3/c27-20(10-13-1-8-17-18(9-13)23-12-22-17)24-15-4-6-16(7-5-15)28-11-19-25-21(29-26-19)14-2-3-14/h1,4-9,12,14H,2-3,10-11H2,(H,22,23)(H,24,27). The SMILES string of the molecule is O=C(Cc1ccc2nc[nH]c2c1)Nc1ccc(OCc2noc(C3CC3)n2)cc1. The molecule has 0 aliphatic heterocycles. The molecular weight excluding hydrogens is 370 g/mol. The predicted molar refractivity (Wildman–Crippen MR) is 105 cm³/mol. The van der Waals surface area contributed by atoms with Crippen LogP contribution in [0.4, 0.5) is 5.69 Å². The van der Waals surface area contributed by atoms with Gasteiger partial charge in [0.1, 0.15) is 5.75 Å². The molecule has 2 aromatic heterocycles. The third kappa shape index (κ3) is 4.11. The summed E-state index contributed by atoms with van der Waals surface area (Å²) < 4.78 is 10.9. The molecule has 0 spiro atoms. The number of carbonyl (C=O) groups excluding carboxylic acids is 1. The Morgan fingerprint density at radius 3 is 2.90 bits per heavy atom. The number of ether oxygens (including phenoxy) is 1. The zero-order chi connectivity index (χ0) is 19.6. The van der Waals surface area contributed by atoms with Crippen LogP contribution < -0.4 is 10.1 Å².